The lowest BCUT2D eigenvalue weighted by Gasteiger charge is -2.15. The first-order chi connectivity index (χ1) is 8.86. The Kier molecular flexibility index (Phi) is 4.12. The first-order valence-corrected chi connectivity index (χ1v) is 7.52. The van der Waals surface area contributed by atoms with Gasteiger partial charge in [-0.2, -0.15) is 0 Å². The summed E-state index contributed by atoms with van der Waals surface area (Å²) in [6.07, 6.45) is 0.286. The fraction of sp³-hybridized carbons (Fsp3) is 0.412. The minimum Gasteiger partial charge on any atom is -0.387 e. The fourth-order valence-corrected chi connectivity index (χ4v) is 3.15. The molecule has 0 amide bonds. The zero-order valence-corrected chi connectivity index (χ0v) is 12.9. The summed E-state index contributed by atoms with van der Waals surface area (Å²) >= 11 is 1.72. The number of hydrogen-bond acceptors (Lipinski definition) is 2. The molecule has 2 aromatic rings. The number of benzene rings is 1. The van der Waals surface area contributed by atoms with Crippen LogP contribution in [0.4, 0.5) is 0 Å². The van der Waals surface area contributed by atoms with Crippen LogP contribution in [0.2, 0.25) is 0 Å². The standard InChI is InChI=1S/C17H22OS/c1-12-6-5-7-13(10-12)11-14(18)15-8-9-16(19-15)17(2,3)4/h5-10,14,18H,11H2,1-4H3. The third-order valence-corrected chi connectivity index (χ3v) is 4.82. The normalized spacial score (nSPS) is 13.5. The average Bonchev–Trinajstić information content (AvgIpc) is 2.77. The van der Waals surface area contributed by atoms with E-state index in [9.17, 15) is 5.11 Å². The summed E-state index contributed by atoms with van der Waals surface area (Å²) in [5.74, 6) is 0. The van der Waals surface area contributed by atoms with E-state index in [1.165, 1.54) is 16.0 Å². The van der Waals surface area contributed by atoms with E-state index in [0.717, 1.165) is 4.88 Å². The van der Waals surface area contributed by atoms with Crippen molar-refractivity contribution in [3.63, 3.8) is 0 Å². The molecule has 0 aliphatic carbocycles. The number of hydrogen-bond donors (Lipinski definition) is 1. The first kappa shape index (κ1) is 14.3. The summed E-state index contributed by atoms with van der Waals surface area (Å²) in [5.41, 5.74) is 2.59. The Hall–Kier alpha value is -1.12. The molecular formula is C17H22OS. The Morgan fingerprint density at radius 3 is 2.47 bits per heavy atom. The van der Waals surface area contributed by atoms with Crippen LogP contribution in [0.1, 0.15) is 47.8 Å². The van der Waals surface area contributed by atoms with E-state index >= 15 is 0 Å². The number of aryl methyl sites for hydroxylation is 1. The molecule has 0 aliphatic heterocycles. The molecule has 1 unspecified atom stereocenters. The molecule has 0 fully saturated rings. The molecule has 1 atom stereocenters. The molecule has 1 aromatic carbocycles. The van der Waals surface area contributed by atoms with Crippen LogP contribution in [0.5, 0.6) is 0 Å². The van der Waals surface area contributed by atoms with Gasteiger partial charge in [-0.3, -0.25) is 0 Å². The maximum absolute atomic E-state index is 10.4. The monoisotopic (exact) mass is 274 g/mol. The molecule has 1 aromatic heterocycles. The van der Waals surface area contributed by atoms with E-state index in [0.29, 0.717) is 6.42 Å². The number of aliphatic hydroxyl groups is 1. The summed E-state index contributed by atoms with van der Waals surface area (Å²) in [6.45, 7) is 8.69. The average molecular weight is 274 g/mol. The van der Waals surface area contributed by atoms with Gasteiger partial charge < -0.3 is 5.11 Å². The summed E-state index contributed by atoms with van der Waals surface area (Å²) in [4.78, 5) is 2.39. The SMILES string of the molecule is Cc1cccc(CC(O)c2ccc(C(C)(C)C)s2)c1. The third-order valence-electron chi connectivity index (χ3n) is 3.21. The molecule has 1 heterocycles. The highest BCUT2D eigenvalue weighted by Crippen LogP contribution is 2.33. The van der Waals surface area contributed by atoms with Crippen molar-refractivity contribution in [2.75, 3.05) is 0 Å². The highest BCUT2D eigenvalue weighted by atomic mass is 32.1. The van der Waals surface area contributed by atoms with Gasteiger partial charge in [-0.05, 0) is 30.0 Å². The maximum Gasteiger partial charge on any atom is 0.0922 e. The Morgan fingerprint density at radius 2 is 1.89 bits per heavy atom. The van der Waals surface area contributed by atoms with Crippen LogP contribution in [0.25, 0.3) is 0 Å². The third kappa shape index (κ3) is 3.68. The Labute approximate surface area is 119 Å². The quantitative estimate of drug-likeness (QED) is 0.865. The van der Waals surface area contributed by atoms with Crippen molar-refractivity contribution < 1.29 is 5.11 Å². The minimum absolute atomic E-state index is 0.159. The van der Waals surface area contributed by atoms with Crippen LogP contribution in [0.15, 0.2) is 36.4 Å². The van der Waals surface area contributed by atoms with Gasteiger partial charge in [-0.15, -0.1) is 11.3 Å². The van der Waals surface area contributed by atoms with Crippen LogP contribution in [-0.4, -0.2) is 5.11 Å². The summed E-state index contributed by atoms with van der Waals surface area (Å²) in [6, 6.07) is 12.5. The van der Waals surface area contributed by atoms with E-state index in [1.807, 2.05) is 6.07 Å². The lowest BCUT2D eigenvalue weighted by molar-refractivity contribution is 0.182. The largest absolute Gasteiger partial charge is 0.387 e. The molecule has 1 N–H and O–H groups in total. The molecule has 0 bridgehead atoms. The van der Waals surface area contributed by atoms with Gasteiger partial charge in [0.15, 0.2) is 0 Å². The molecule has 0 saturated heterocycles. The number of rotatable bonds is 3. The van der Waals surface area contributed by atoms with Crippen molar-refractivity contribution in [2.24, 2.45) is 0 Å². The van der Waals surface area contributed by atoms with Gasteiger partial charge in [0.1, 0.15) is 0 Å². The Morgan fingerprint density at radius 1 is 1.16 bits per heavy atom. The number of thiophene rings is 1. The van der Waals surface area contributed by atoms with Crippen LogP contribution in [0.3, 0.4) is 0 Å². The molecule has 19 heavy (non-hydrogen) atoms. The van der Waals surface area contributed by atoms with Crippen LogP contribution >= 0.6 is 11.3 Å². The lowest BCUT2D eigenvalue weighted by atomic mass is 9.95. The van der Waals surface area contributed by atoms with Crippen molar-refractivity contribution in [3.8, 4) is 0 Å². The highest BCUT2D eigenvalue weighted by molar-refractivity contribution is 7.12. The Balaban J connectivity index is 2.12. The van der Waals surface area contributed by atoms with E-state index in [4.69, 9.17) is 0 Å². The van der Waals surface area contributed by atoms with Gasteiger partial charge in [0.2, 0.25) is 0 Å². The van der Waals surface area contributed by atoms with Gasteiger partial charge in [0, 0.05) is 16.2 Å². The van der Waals surface area contributed by atoms with Gasteiger partial charge in [-0.25, -0.2) is 0 Å². The Bertz CT molecular complexity index is 548. The maximum atomic E-state index is 10.4. The molecule has 2 heteroatoms. The van der Waals surface area contributed by atoms with Gasteiger partial charge in [-0.1, -0.05) is 50.6 Å². The molecule has 0 aliphatic rings. The molecule has 0 spiro atoms. The predicted molar refractivity (Wildman–Crippen MR) is 82.9 cm³/mol. The van der Waals surface area contributed by atoms with Crippen molar-refractivity contribution >= 4 is 11.3 Å². The summed E-state index contributed by atoms with van der Waals surface area (Å²) in [7, 11) is 0. The summed E-state index contributed by atoms with van der Waals surface area (Å²) in [5, 5.41) is 10.4. The molecule has 0 radical (unpaired) electrons. The molecular weight excluding hydrogens is 252 g/mol. The van der Waals surface area contributed by atoms with E-state index in [-0.39, 0.29) is 5.41 Å². The van der Waals surface area contributed by atoms with Gasteiger partial charge in [0.25, 0.3) is 0 Å². The second-order valence-corrected chi connectivity index (χ2v) is 7.28. The van der Waals surface area contributed by atoms with Gasteiger partial charge in [0.05, 0.1) is 6.10 Å². The molecule has 2 rings (SSSR count). The second-order valence-electron chi connectivity index (χ2n) is 6.16. The predicted octanol–water partition coefficient (Wildman–Crippen LogP) is 4.63. The van der Waals surface area contributed by atoms with Crippen LogP contribution in [0, 0.1) is 6.92 Å². The molecule has 1 nitrogen and oxygen atoms in total. The van der Waals surface area contributed by atoms with E-state index < -0.39 is 6.10 Å². The first-order valence-electron chi connectivity index (χ1n) is 6.70. The van der Waals surface area contributed by atoms with Gasteiger partial charge >= 0.3 is 0 Å². The van der Waals surface area contributed by atoms with Crippen LogP contribution in [-0.2, 0) is 11.8 Å². The van der Waals surface area contributed by atoms with Crippen molar-refractivity contribution in [1.82, 2.24) is 0 Å². The van der Waals surface area contributed by atoms with E-state index in [2.05, 4.69) is 58.0 Å². The zero-order chi connectivity index (χ0) is 14.0. The van der Waals surface area contributed by atoms with E-state index in [1.54, 1.807) is 11.3 Å². The smallest absolute Gasteiger partial charge is 0.0922 e. The fourth-order valence-electron chi connectivity index (χ4n) is 2.10. The summed E-state index contributed by atoms with van der Waals surface area (Å²) < 4.78 is 0. The zero-order valence-electron chi connectivity index (χ0n) is 12.1. The minimum atomic E-state index is -0.400. The topological polar surface area (TPSA) is 20.2 Å². The lowest BCUT2D eigenvalue weighted by Crippen LogP contribution is -2.07. The molecule has 0 saturated carbocycles. The van der Waals surface area contributed by atoms with Crippen molar-refractivity contribution in [3.05, 3.63) is 57.3 Å². The number of aliphatic hydroxyl groups excluding tert-OH is 1. The molecule has 102 valence electrons. The highest BCUT2D eigenvalue weighted by Gasteiger charge is 2.18. The van der Waals surface area contributed by atoms with Crippen LogP contribution < -0.4 is 0 Å². The second kappa shape index (κ2) is 5.48. The van der Waals surface area contributed by atoms with Crippen molar-refractivity contribution in [1.29, 1.82) is 0 Å². The van der Waals surface area contributed by atoms with Crippen molar-refractivity contribution in [2.45, 2.75) is 45.6 Å².